The second-order valence-electron chi connectivity index (χ2n) is 10.9. The van der Waals surface area contributed by atoms with Crippen LogP contribution in [0.4, 0.5) is 9.59 Å². The average molecular weight is 448 g/mol. The molecule has 0 heterocycles. The van der Waals surface area contributed by atoms with Gasteiger partial charge in [-0.05, 0) is 66.6 Å². The van der Waals surface area contributed by atoms with Crippen LogP contribution in [0.5, 0.6) is 0 Å². The van der Waals surface area contributed by atoms with Crippen LogP contribution in [-0.4, -0.2) is 61.8 Å². The molecule has 0 spiro atoms. The van der Waals surface area contributed by atoms with Gasteiger partial charge in [-0.1, -0.05) is 20.8 Å². The van der Waals surface area contributed by atoms with Crippen molar-refractivity contribution in [3.63, 3.8) is 0 Å². The topological polar surface area (TPSA) is 91.4 Å². The van der Waals surface area contributed by atoms with E-state index in [0.29, 0.717) is 4.90 Å². The first-order valence-electron chi connectivity index (χ1n) is 10.1. The van der Waals surface area contributed by atoms with Crippen molar-refractivity contribution in [3.8, 4) is 0 Å². The molecular formula is C21H41NO7Si. The van der Waals surface area contributed by atoms with E-state index >= 15 is 0 Å². The van der Waals surface area contributed by atoms with E-state index in [9.17, 15) is 14.4 Å². The molecule has 176 valence electrons. The number of carbonyl (C=O) groups excluding carboxylic acids is 3. The van der Waals surface area contributed by atoms with E-state index in [0.717, 1.165) is 0 Å². The quantitative estimate of drug-likeness (QED) is 0.328. The van der Waals surface area contributed by atoms with Crippen molar-refractivity contribution in [2.45, 2.75) is 111 Å². The number of ether oxygens (including phenoxy) is 3. The number of hydrogen-bond acceptors (Lipinski definition) is 7. The van der Waals surface area contributed by atoms with Gasteiger partial charge in [-0.25, -0.2) is 14.4 Å². The van der Waals surface area contributed by atoms with Crippen molar-refractivity contribution >= 4 is 26.5 Å². The molecule has 8 nitrogen and oxygen atoms in total. The van der Waals surface area contributed by atoms with Gasteiger partial charge in [0, 0.05) is 0 Å². The molecule has 9 heteroatoms. The fourth-order valence-electron chi connectivity index (χ4n) is 2.26. The molecule has 0 bridgehead atoms. The largest absolute Gasteiger partial charge is 0.467 e. The summed E-state index contributed by atoms with van der Waals surface area (Å²) in [7, 11) is -1.15. The Bertz CT molecular complexity index is 599. The summed E-state index contributed by atoms with van der Waals surface area (Å²) >= 11 is 0. The van der Waals surface area contributed by atoms with Crippen LogP contribution in [-0.2, 0) is 23.4 Å². The standard InChI is InChI=1S/C21H41NO7Si/c1-14(29-30(12,13)21(8,9)10)15(16(23)26-11)22(17(24)27-19(2,3)4)18(25)28-20(5,6)7/h14-15H,1-13H3/t14-,15+/m1/s1. The minimum atomic E-state index is -2.34. The lowest BCUT2D eigenvalue weighted by atomic mass is 10.1. The third-order valence-corrected chi connectivity index (χ3v) is 9.21. The van der Waals surface area contributed by atoms with Crippen LogP contribution >= 0.6 is 0 Å². The summed E-state index contributed by atoms with van der Waals surface area (Å²) in [5, 5.41) is -0.148. The van der Waals surface area contributed by atoms with E-state index in [2.05, 4.69) is 20.8 Å². The Morgan fingerprint density at radius 1 is 0.800 bits per heavy atom. The van der Waals surface area contributed by atoms with Gasteiger partial charge in [-0.15, -0.1) is 0 Å². The Morgan fingerprint density at radius 3 is 1.43 bits per heavy atom. The number of esters is 1. The summed E-state index contributed by atoms with van der Waals surface area (Å²) in [6.45, 7) is 21.8. The van der Waals surface area contributed by atoms with E-state index in [-0.39, 0.29) is 5.04 Å². The fraction of sp³-hybridized carbons (Fsp3) is 0.857. The molecule has 2 atom stereocenters. The maximum atomic E-state index is 13.0. The van der Waals surface area contributed by atoms with Gasteiger partial charge in [-0.3, -0.25) is 0 Å². The lowest BCUT2D eigenvalue weighted by Gasteiger charge is -2.41. The molecule has 0 fully saturated rings. The number of methoxy groups -OCH3 is 1. The molecule has 0 aliphatic carbocycles. The first-order valence-corrected chi connectivity index (χ1v) is 13.0. The van der Waals surface area contributed by atoms with Crippen molar-refractivity contribution in [3.05, 3.63) is 0 Å². The Balaban J connectivity index is 6.27. The van der Waals surface area contributed by atoms with Gasteiger partial charge in [0.05, 0.1) is 13.2 Å². The van der Waals surface area contributed by atoms with E-state index in [4.69, 9.17) is 18.6 Å². The lowest BCUT2D eigenvalue weighted by molar-refractivity contribution is -0.150. The van der Waals surface area contributed by atoms with E-state index in [1.165, 1.54) is 7.11 Å². The van der Waals surface area contributed by atoms with Crippen molar-refractivity contribution in [1.82, 2.24) is 4.90 Å². The lowest BCUT2D eigenvalue weighted by Crippen LogP contribution is -2.59. The monoisotopic (exact) mass is 447 g/mol. The highest BCUT2D eigenvalue weighted by atomic mass is 28.4. The average Bonchev–Trinajstić information content (AvgIpc) is 2.45. The molecule has 2 amide bonds. The number of carbonyl (C=O) groups is 3. The molecule has 0 aromatic heterocycles. The Labute approximate surface area is 182 Å². The van der Waals surface area contributed by atoms with E-state index < -0.39 is 49.8 Å². The Morgan fingerprint density at radius 2 is 1.17 bits per heavy atom. The maximum Gasteiger partial charge on any atom is 0.420 e. The van der Waals surface area contributed by atoms with E-state index in [1.54, 1.807) is 48.5 Å². The number of rotatable bonds is 5. The molecule has 0 N–H and O–H groups in total. The van der Waals surface area contributed by atoms with Crippen LogP contribution in [0.2, 0.25) is 18.1 Å². The minimum Gasteiger partial charge on any atom is -0.467 e. The zero-order valence-corrected chi connectivity index (χ0v) is 22.0. The third-order valence-electron chi connectivity index (χ3n) is 4.63. The van der Waals surface area contributed by atoms with Gasteiger partial charge >= 0.3 is 18.2 Å². The molecule has 0 aromatic carbocycles. The summed E-state index contributed by atoms with van der Waals surface area (Å²) in [4.78, 5) is 39.3. The normalized spacial score (nSPS) is 15.1. The number of imide groups is 1. The van der Waals surface area contributed by atoms with Crippen molar-refractivity contribution in [2.75, 3.05) is 7.11 Å². The number of nitrogens with zero attached hydrogens (tertiary/aromatic N) is 1. The zero-order valence-electron chi connectivity index (χ0n) is 21.0. The maximum absolute atomic E-state index is 13.0. The molecule has 0 unspecified atom stereocenters. The van der Waals surface area contributed by atoms with Gasteiger partial charge in [0.25, 0.3) is 0 Å². The van der Waals surface area contributed by atoms with Crippen LogP contribution in [0.15, 0.2) is 0 Å². The molecule has 0 radical (unpaired) electrons. The molecule has 0 saturated carbocycles. The summed E-state index contributed by atoms with van der Waals surface area (Å²) < 4.78 is 22.0. The fourth-order valence-corrected chi connectivity index (χ4v) is 3.67. The molecule has 0 aromatic rings. The highest BCUT2D eigenvalue weighted by molar-refractivity contribution is 6.74. The third kappa shape index (κ3) is 8.63. The van der Waals surface area contributed by atoms with Crippen LogP contribution in [0.1, 0.15) is 69.2 Å². The van der Waals surface area contributed by atoms with Crippen LogP contribution in [0.3, 0.4) is 0 Å². The van der Waals surface area contributed by atoms with Gasteiger partial charge in [0.1, 0.15) is 11.2 Å². The summed E-state index contributed by atoms with van der Waals surface area (Å²) in [6.07, 6.45) is -2.84. The predicted octanol–water partition coefficient (Wildman–Crippen LogP) is 5.11. The van der Waals surface area contributed by atoms with Crippen LogP contribution < -0.4 is 0 Å². The molecule has 30 heavy (non-hydrogen) atoms. The second-order valence-corrected chi connectivity index (χ2v) is 15.6. The molecule has 0 aliphatic rings. The summed E-state index contributed by atoms with van der Waals surface area (Å²) in [5.74, 6) is -0.794. The summed E-state index contributed by atoms with van der Waals surface area (Å²) in [6, 6.07) is -1.37. The Hall–Kier alpha value is -1.61. The van der Waals surface area contributed by atoms with Gasteiger partial charge in [0.2, 0.25) is 0 Å². The highest BCUT2D eigenvalue weighted by Crippen LogP contribution is 2.38. The van der Waals surface area contributed by atoms with Gasteiger partial charge < -0.3 is 18.6 Å². The molecule has 0 saturated heterocycles. The molecule has 0 aliphatic heterocycles. The van der Waals surface area contributed by atoms with E-state index in [1.807, 2.05) is 13.1 Å². The van der Waals surface area contributed by atoms with Crippen LogP contribution in [0.25, 0.3) is 0 Å². The predicted molar refractivity (Wildman–Crippen MR) is 118 cm³/mol. The van der Waals surface area contributed by atoms with Gasteiger partial charge in [0.15, 0.2) is 14.4 Å². The number of hydrogen-bond donors (Lipinski definition) is 0. The Kier molecular flexibility index (Phi) is 9.16. The van der Waals surface area contributed by atoms with Crippen molar-refractivity contribution in [2.24, 2.45) is 0 Å². The smallest absolute Gasteiger partial charge is 0.420 e. The van der Waals surface area contributed by atoms with Crippen molar-refractivity contribution in [1.29, 1.82) is 0 Å². The molecular weight excluding hydrogens is 406 g/mol. The van der Waals surface area contributed by atoms with Crippen molar-refractivity contribution < 1.29 is 33.0 Å². The highest BCUT2D eigenvalue weighted by Gasteiger charge is 2.47. The molecule has 0 rings (SSSR count). The van der Waals surface area contributed by atoms with Gasteiger partial charge in [-0.2, -0.15) is 4.90 Å². The zero-order chi connectivity index (χ0) is 24.3. The SMILES string of the molecule is COC(=O)[C@H]([C@@H](C)O[Si](C)(C)C(C)(C)C)N(C(=O)OC(C)(C)C)C(=O)OC(C)(C)C. The minimum absolute atomic E-state index is 0.148. The number of amides is 2. The first kappa shape index (κ1) is 28.4. The second kappa shape index (κ2) is 9.68. The van der Waals surface area contributed by atoms with Crippen LogP contribution in [0, 0.1) is 0 Å². The summed E-state index contributed by atoms with van der Waals surface area (Å²) in [5.41, 5.74) is -1.77. The first-order chi connectivity index (χ1) is 13.1.